The van der Waals surface area contributed by atoms with Crippen LogP contribution in [0.15, 0.2) is 0 Å². The second-order valence-corrected chi connectivity index (χ2v) is 5.53. The average Bonchev–Trinajstić information content (AvgIpc) is 2.21. The number of hydrogen-bond donors (Lipinski definition) is 0. The molecule has 92 valence electrons. The molecule has 0 aliphatic heterocycles. The van der Waals surface area contributed by atoms with Crippen molar-refractivity contribution in [2.45, 2.75) is 64.5 Å². The fourth-order valence-electron chi connectivity index (χ4n) is 3.31. The first-order chi connectivity index (χ1) is 6.75. The fraction of sp³-hybridized carbons (Fsp3) is 1.00. The van der Waals surface area contributed by atoms with Gasteiger partial charge in [0.1, 0.15) is 6.17 Å². The molecule has 2 rings (SSSR count). The van der Waals surface area contributed by atoms with E-state index in [0.717, 1.165) is 30.6 Å². The number of alkyl halides is 1. The summed E-state index contributed by atoms with van der Waals surface area (Å²) in [7, 11) is 0. The van der Waals surface area contributed by atoms with E-state index in [2.05, 4.69) is 6.92 Å². The lowest BCUT2D eigenvalue weighted by Crippen LogP contribution is -2.25. The van der Waals surface area contributed by atoms with Gasteiger partial charge in [-0.05, 0) is 56.3 Å². The van der Waals surface area contributed by atoms with Crippen LogP contribution in [-0.4, -0.2) is 11.6 Å². The Kier molecular flexibility index (Phi) is 5.04. The third-order valence-electron chi connectivity index (χ3n) is 4.43. The molecule has 15 heavy (non-hydrogen) atoms. The topological polar surface area (TPSA) is 31.5 Å². The summed E-state index contributed by atoms with van der Waals surface area (Å²) < 4.78 is 13.0. The van der Waals surface area contributed by atoms with Crippen LogP contribution in [-0.2, 0) is 0 Å². The zero-order chi connectivity index (χ0) is 9.97. The lowest BCUT2D eigenvalue weighted by molar-refractivity contribution is 0.131. The van der Waals surface area contributed by atoms with Crippen LogP contribution in [0.25, 0.3) is 0 Å². The second kappa shape index (κ2) is 5.83. The van der Waals surface area contributed by atoms with Crippen molar-refractivity contribution >= 4 is 0 Å². The molecule has 0 heterocycles. The smallest absolute Gasteiger partial charge is 0.100 e. The number of rotatable bonds is 1. The molecule has 0 amide bonds. The Hall–Kier alpha value is -0.110. The summed E-state index contributed by atoms with van der Waals surface area (Å²) in [6.07, 6.45) is 9.22. The van der Waals surface area contributed by atoms with Crippen molar-refractivity contribution in [2.24, 2.45) is 17.8 Å². The van der Waals surface area contributed by atoms with Crippen LogP contribution in [0.2, 0.25) is 0 Å². The molecule has 0 saturated heterocycles. The summed E-state index contributed by atoms with van der Waals surface area (Å²) in [5.74, 6) is 2.76. The van der Waals surface area contributed by atoms with Gasteiger partial charge in [0, 0.05) is 1.43 Å². The molecule has 2 heteroatoms. The average molecular weight is 218 g/mol. The molecule has 2 N–H and O–H groups in total. The minimum absolute atomic E-state index is 0. The maximum absolute atomic E-state index is 13.0. The van der Waals surface area contributed by atoms with Gasteiger partial charge >= 0.3 is 0 Å². The standard InChI is InChI=1S/C13H23F.H2O.H2/c1-10-2-4-11(5-3-10)12-6-8-13(14)9-7-12;;/h10-13H,2-9H2,1H3;1H2;1H. The van der Waals surface area contributed by atoms with E-state index in [1.54, 1.807) is 0 Å². The molecule has 0 unspecified atom stereocenters. The molecular formula is C13H27FO. The summed E-state index contributed by atoms with van der Waals surface area (Å²) in [5.41, 5.74) is 0. The minimum atomic E-state index is -0.478. The molecule has 1 nitrogen and oxygen atoms in total. The van der Waals surface area contributed by atoms with Crippen LogP contribution in [0.4, 0.5) is 4.39 Å². The van der Waals surface area contributed by atoms with Crippen LogP contribution in [0.1, 0.15) is 59.7 Å². The Labute approximate surface area is 94.2 Å². The van der Waals surface area contributed by atoms with Gasteiger partial charge in [-0.25, -0.2) is 4.39 Å². The van der Waals surface area contributed by atoms with Crippen LogP contribution >= 0.6 is 0 Å². The molecule has 2 aliphatic carbocycles. The quantitative estimate of drug-likeness (QED) is 0.642. The van der Waals surface area contributed by atoms with Crippen LogP contribution in [0.5, 0.6) is 0 Å². The Balaban J connectivity index is 0.00000112. The normalized spacial score (nSPS) is 42.0. The van der Waals surface area contributed by atoms with Gasteiger partial charge in [-0.3, -0.25) is 0 Å². The Morgan fingerprint density at radius 2 is 1.20 bits per heavy atom. The summed E-state index contributed by atoms with van der Waals surface area (Å²) in [6, 6.07) is 0. The lowest BCUT2D eigenvalue weighted by atomic mass is 9.71. The Bertz CT molecular complexity index is 153. The molecule has 0 bridgehead atoms. The van der Waals surface area contributed by atoms with E-state index in [4.69, 9.17) is 0 Å². The molecule has 0 aromatic carbocycles. The second-order valence-electron chi connectivity index (χ2n) is 5.53. The molecule has 2 saturated carbocycles. The van der Waals surface area contributed by atoms with Crippen molar-refractivity contribution in [3.8, 4) is 0 Å². The highest BCUT2D eigenvalue weighted by molar-refractivity contribution is 4.80. The van der Waals surface area contributed by atoms with Gasteiger partial charge in [-0.2, -0.15) is 0 Å². The van der Waals surface area contributed by atoms with E-state index in [9.17, 15) is 4.39 Å². The summed E-state index contributed by atoms with van der Waals surface area (Å²) >= 11 is 0. The van der Waals surface area contributed by atoms with E-state index >= 15 is 0 Å². The SMILES string of the molecule is CC1CCC(C2CCC(F)CC2)CC1.O.[HH]. The van der Waals surface area contributed by atoms with Crippen LogP contribution in [0, 0.1) is 17.8 Å². The highest BCUT2D eigenvalue weighted by atomic mass is 19.1. The molecule has 0 aromatic rings. The minimum Gasteiger partial charge on any atom is -0.412 e. The van der Waals surface area contributed by atoms with E-state index in [0.29, 0.717) is 0 Å². The van der Waals surface area contributed by atoms with Crippen molar-refractivity contribution in [3.63, 3.8) is 0 Å². The lowest BCUT2D eigenvalue weighted by Gasteiger charge is -2.35. The van der Waals surface area contributed by atoms with E-state index in [-0.39, 0.29) is 6.90 Å². The first kappa shape index (κ1) is 13.0. The summed E-state index contributed by atoms with van der Waals surface area (Å²) in [4.78, 5) is 0. The maximum atomic E-state index is 13.0. The molecule has 0 radical (unpaired) electrons. The van der Waals surface area contributed by atoms with Crippen LogP contribution in [0.3, 0.4) is 0 Å². The first-order valence-corrected chi connectivity index (χ1v) is 6.39. The molecule has 2 fully saturated rings. The summed E-state index contributed by atoms with van der Waals surface area (Å²) in [6.45, 7) is 2.37. The fourth-order valence-corrected chi connectivity index (χ4v) is 3.31. The van der Waals surface area contributed by atoms with Gasteiger partial charge in [-0.1, -0.05) is 19.8 Å². The van der Waals surface area contributed by atoms with Gasteiger partial charge in [0.2, 0.25) is 0 Å². The van der Waals surface area contributed by atoms with Crippen molar-refractivity contribution in [1.82, 2.24) is 0 Å². The van der Waals surface area contributed by atoms with Gasteiger partial charge in [-0.15, -0.1) is 0 Å². The van der Waals surface area contributed by atoms with Gasteiger partial charge < -0.3 is 5.48 Å². The number of halogens is 1. The third-order valence-corrected chi connectivity index (χ3v) is 4.43. The summed E-state index contributed by atoms with van der Waals surface area (Å²) in [5, 5.41) is 0. The van der Waals surface area contributed by atoms with E-state index < -0.39 is 6.17 Å². The van der Waals surface area contributed by atoms with Crippen molar-refractivity contribution in [1.29, 1.82) is 0 Å². The zero-order valence-electron chi connectivity index (χ0n) is 9.84. The van der Waals surface area contributed by atoms with Crippen molar-refractivity contribution in [3.05, 3.63) is 0 Å². The maximum Gasteiger partial charge on any atom is 0.100 e. The van der Waals surface area contributed by atoms with Gasteiger partial charge in [0.15, 0.2) is 0 Å². The van der Waals surface area contributed by atoms with Gasteiger partial charge in [0.05, 0.1) is 0 Å². The molecule has 0 atom stereocenters. The van der Waals surface area contributed by atoms with E-state index in [1.165, 1.54) is 38.5 Å². The number of hydrogen-bond acceptors (Lipinski definition) is 0. The monoisotopic (exact) mass is 218 g/mol. The van der Waals surface area contributed by atoms with Crippen molar-refractivity contribution < 1.29 is 11.3 Å². The Morgan fingerprint density at radius 3 is 1.67 bits per heavy atom. The van der Waals surface area contributed by atoms with E-state index in [1.807, 2.05) is 0 Å². The van der Waals surface area contributed by atoms with Crippen LogP contribution < -0.4 is 0 Å². The zero-order valence-corrected chi connectivity index (χ0v) is 9.84. The Morgan fingerprint density at radius 1 is 0.800 bits per heavy atom. The molecular weight excluding hydrogens is 191 g/mol. The third kappa shape index (κ3) is 3.44. The molecule has 2 aliphatic rings. The van der Waals surface area contributed by atoms with Crippen molar-refractivity contribution in [2.75, 3.05) is 0 Å². The highest BCUT2D eigenvalue weighted by Gasteiger charge is 2.29. The predicted octanol–water partition coefficient (Wildman–Crippen LogP) is 3.76. The predicted molar refractivity (Wildman–Crippen MR) is 63.7 cm³/mol. The molecule has 0 aromatic heterocycles. The molecule has 0 spiro atoms. The highest BCUT2D eigenvalue weighted by Crippen LogP contribution is 2.40. The van der Waals surface area contributed by atoms with Gasteiger partial charge in [0.25, 0.3) is 0 Å². The largest absolute Gasteiger partial charge is 0.412 e. The first-order valence-electron chi connectivity index (χ1n) is 6.39.